The highest BCUT2D eigenvalue weighted by molar-refractivity contribution is 14.0. The molecule has 1 aliphatic heterocycles. The smallest absolute Gasteiger partial charge is 0.213 e. The number of nitrogens with zero attached hydrogens (tertiary/aromatic N) is 5. The predicted molar refractivity (Wildman–Crippen MR) is 139 cm³/mol. The van der Waals surface area contributed by atoms with E-state index >= 15 is 0 Å². The Hall–Kier alpha value is -2.66. The van der Waals surface area contributed by atoms with Crippen molar-refractivity contribution in [2.45, 2.75) is 26.2 Å². The van der Waals surface area contributed by atoms with Crippen LogP contribution in [0.3, 0.4) is 0 Å². The summed E-state index contributed by atoms with van der Waals surface area (Å²) in [6.07, 6.45) is 5.63. The molecule has 0 spiro atoms. The Balaban J connectivity index is 0.00000306. The lowest BCUT2D eigenvalue weighted by molar-refractivity contribution is -0.00805. The van der Waals surface area contributed by atoms with Gasteiger partial charge >= 0.3 is 0 Å². The topological polar surface area (TPSA) is 76.8 Å². The van der Waals surface area contributed by atoms with Gasteiger partial charge in [-0.15, -0.1) is 24.0 Å². The zero-order chi connectivity index (χ0) is 22.2. The quantitative estimate of drug-likeness (QED) is 0.270. The van der Waals surface area contributed by atoms with Crippen molar-refractivity contribution >= 4 is 29.9 Å². The molecule has 0 radical (unpaired) electrons. The molecular formula is C24H31IN6O2. The third-order valence-corrected chi connectivity index (χ3v) is 5.24. The van der Waals surface area contributed by atoms with E-state index in [2.05, 4.69) is 27.2 Å². The molecule has 1 unspecified atom stereocenters. The molecule has 0 saturated carbocycles. The van der Waals surface area contributed by atoms with Gasteiger partial charge in [0.2, 0.25) is 5.88 Å². The van der Waals surface area contributed by atoms with Crippen LogP contribution in [0.5, 0.6) is 5.88 Å². The number of hydrogen-bond acceptors (Lipinski definition) is 5. The molecule has 1 N–H and O–H groups in total. The van der Waals surface area contributed by atoms with Crippen LogP contribution in [-0.2, 0) is 24.9 Å². The molecule has 4 rings (SSSR count). The Morgan fingerprint density at radius 1 is 1.24 bits per heavy atom. The molecule has 9 heteroatoms. The van der Waals surface area contributed by atoms with E-state index in [0.29, 0.717) is 25.6 Å². The molecule has 1 fully saturated rings. The molecule has 0 amide bonds. The van der Waals surface area contributed by atoms with Crippen molar-refractivity contribution in [2.24, 2.45) is 12.0 Å². The van der Waals surface area contributed by atoms with Crippen molar-refractivity contribution in [3.63, 3.8) is 0 Å². The summed E-state index contributed by atoms with van der Waals surface area (Å²) in [5.74, 6) is 1.49. The summed E-state index contributed by atoms with van der Waals surface area (Å²) < 4.78 is 13.6. The van der Waals surface area contributed by atoms with E-state index in [1.165, 1.54) is 0 Å². The third-order valence-electron chi connectivity index (χ3n) is 5.24. The van der Waals surface area contributed by atoms with Gasteiger partial charge in [-0.05, 0) is 24.1 Å². The van der Waals surface area contributed by atoms with Gasteiger partial charge in [-0.25, -0.2) is 9.98 Å². The first-order valence-electron chi connectivity index (χ1n) is 11.0. The van der Waals surface area contributed by atoms with Crippen LogP contribution in [0.4, 0.5) is 0 Å². The fourth-order valence-electron chi connectivity index (χ4n) is 3.60. The number of aromatic nitrogens is 3. The van der Waals surface area contributed by atoms with E-state index in [9.17, 15) is 0 Å². The summed E-state index contributed by atoms with van der Waals surface area (Å²) in [4.78, 5) is 11.5. The minimum absolute atomic E-state index is 0. The van der Waals surface area contributed by atoms with Crippen molar-refractivity contribution in [1.82, 2.24) is 25.0 Å². The van der Waals surface area contributed by atoms with Crippen LogP contribution < -0.4 is 10.1 Å². The van der Waals surface area contributed by atoms with Crippen molar-refractivity contribution in [1.29, 1.82) is 0 Å². The minimum atomic E-state index is -0.0137. The maximum absolute atomic E-state index is 5.98. The molecule has 1 aromatic carbocycles. The first kappa shape index (κ1) is 25.0. The molecule has 0 aliphatic carbocycles. The van der Waals surface area contributed by atoms with Crippen molar-refractivity contribution in [2.75, 3.05) is 26.2 Å². The lowest BCUT2D eigenvalue weighted by atomic mass is 10.1. The van der Waals surface area contributed by atoms with E-state index < -0.39 is 0 Å². The van der Waals surface area contributed by atoms with Gasteiger partial charge in [0.05, 0.1) is 25.9 Å². The lowest BCUT2D eigenvalue weighted by Crippen LogP contribution is -2.48. The van der Waals surface area contributed by atoms with Crippen LogP contribution in [-0.4, -0.2) is 51.9 Å². The average molecular weight is 562 g/mol. The molecule has 0 bridgehead atoms. The van der Waals surface area contributed by atoms with E-state index in [0.717, 1.165) is 42.3 Å². The molecule has 1 aliphatic rings. The first-order valence-corrected chi connectivity index (χ1v) is 11.0. The highest BCUT2D eigenvalue weighted by Gasteiger charge is 2.25. The molecule has 176 valence electrons. The fourth-order valence-corrected chi connectivity index (χ4v) is 3.60. The number of halogens is 1. The van der Waals surface area contributed by atoms with Crippen molar-refractivity contribution in [3.8, 4) is 5.88 Å². The summed E-state index contributed by atoms with van der Waals surface area (Å²) in [5.41, 5.74) is 3.25. The van der Waals surface area contributed by atoms with E-state index in [1.807, 2.05) is 61.9 Å². The van der Waals surface area contributed by atoms with E-state index in [-0.39, 0.29) is 30.1 Å². The zero-order valence-corrected chi connectivity index (χ0v) is 21.4. The summed E-state index contributed by atoms with van der Waals surface area (Å²) >= 11 is 0. The van der Waals surface area contributed by atoms with Gasteiger partial charge in [-0.3, -0.25) is 4.68 Å². The average Bonchev–Trinajstić information content (AvgIpc) is 3.28. The molecule has 1 saturated heterocycles. The Morgan fingerprint density at radius 3 is 2.85 bits per heavy atom. The van der Waals surface area contributed by atoms with Crippen LogP contribution in [0.2, 0.25) is 0 Å². The predicted octanol–water partition coefficient (Wildman–Crippen LogP) is 3.55. The minimum Gasteiger partial charge on any atom is -0.473 e. The number of guanidine groups is 1. The van der Waals surface area contributed by atoms with Crippen LogP contribution >= 0.6 is 24.0 Å². The van der Waals surface area contributed by atoms with E-state index in [4.69, 9.17) is 14.5 Å². The second kappa shape index (κ2) is 12.5. The highest BCUT2D eigenvalue weighted by atomic mass is 127. The number of ether oxygens (including phenoxy) is 2. The molecule has 33 heavy (non-hydrogen) atoms. The Morgan fingerprint density at radius 2 is 2.09 bits per heavy atom. The monoisotopic (exact) mass is 562 g/mol. The third kappa shape index (κ3) is 7.16. The zero-order valence-electron chi connectivity index (χ0n) is 19.1. The largest absolute Gasteiger partial charge is 0.473 e. The van der Waals surface area contributed by atoms with Gasteiger partial charge < -0.3 is 19.7 Å². The number of aryl methyl sites for hydroxylation is 1. The molecule has 3 heterocycles. The van der Waals surface area contributed by atoms with Gasteiger partial charge in [-0.2, -0.15) is 5.10 Å². The van der Waals surface area contributed by atoms with Crippen LogP contribution in [0.15, 0.2) is 66.0 Å². The highest BCUT2D eigenvalue weighted by Crippen LogP contribution is 2.22. The molecule has 1 atom stereocenters. The number of aliphatic imine (C=N–C) groups is 1. The Bertz CT molecular complexity index is 1030. The summed E-state index contributed by atoms with van der Waals surface area (Å²) in [6.45, 7) is 6.10. The van der Waals surface area contributed by atoms with Gasteiger partial charge in [0.1, 0.15) is 12.7 Å². The van der Waals surface area contributed by atoms with E-state index in [1.54, 1.807) is 10.9 Å². The maximum Gasteiger partial charge on any atom is 0.213 e. The SMILES string of the molecule is CCNC(=NCc1ccnc(OCc2ccccc2)c1)N1CCOC(c2cnn(C)c2)C1.I. The Kier molecular flexibility index (Phi) is 9.49. The van der Waals surface area contributed by atoms with Gasteiger partial charge in [0.25, 0.3) is 0 Å². The lowest BCUT2D eigenvalue weighted by Gasteiger charge is -2.34. The van der Waals surface area contributed by atoms with Gasteiger partial charge in [0, 0.05) is 44.2 Å². The second-order valence-electron chi connectivity index (χ2n) is 7.70. The normalized spacial score (nSPS) is 16.2. The van der Waals surface area contributed by atoms with Crippen LogP contribution in [0.25, 0.3) is 0 Å². The molecule has 3 aromatic rings. The standard InChI is InChI=1S/C24H30N6O2.HI/c1-3-25-24(30-11-12-31-22(17-30)21-15-28-29(2)16-21)27-14-20-9-10-26-23(13-20)32-18-19-7-5-4-6-8-19;/h4-10,13,15-16,22H,3,11-12,14,17-18H2,1-2H3,(H,25,27);1H. The van der Waals surface area contributed by atoms with Gasteiger partial charge in [0.15, 0.2) is 5.96 Å². The van der Waals surface area contributed by atoms with Gasteiger partial charge in [-0.1, -0.05) is 30.3 Å². The number of rotatable bonds is 7. The maximum atomic E-state index is 5.98. The molecular weight excluding hydrogens is 531 g/mol. The Labute approximate surface area is 212 Å². The number of benzene rings is 1. The fraction of sp³-hybridized carbons (Fsp3) is 0.375. The number of morpholine rings is 1. The second-order valence-corrected chi connectivity index (χ2v) is 7.70. The number of hydrogen-bond donors (Lipinski definition) is 1. The molecule has 8 nitrogen and oxygen atoms in total. The van der Waals surface area contributed by atoms with Crippen LogP contribution in [0, 0.1) is 0 Å². The van der Waals surface area contributed by atoms with Crippen molar-refractivity contribution in [3.05, 3.63) is 77.7 Å². The number of pyridine rings is 1. The summed E-state index contributed by atoms with van der Waals surface area (Å²) in [5, 5.41) is 7.68. The summed E-state index contributed by atoms with van der Waals surface area (Å²) in [7, 11) is 1.92. The van der Waals surface area contributed by atoms with Crippen LogP contribution in [0.1, 0.15) is 29.7 Å². The number of nitrogens with one attached hydrogen (secondary N) is 1. The summed E-state index contributed by atoms with van der Waals surface area (Å²) in [6, 6.07) is 14.0. The van der Waals surface area contributed by atoms with Crippen molar-refractivity contribution < 1.29 is 9.47 Å². The first-order chi connectivity index (χ1) is 15.7. The molecule has 2 aromatic heterocycles.